The summed E-state index contributed by atoms with van der Waals surface area (Å²) in [5.41, 5.74) is -0.0531. The van der Waals surface area contributed by atoms with Crippen molar-refractivity contribution in [2.75, 3.05) is 7.05 Å². The average molecular weight is 169 g/mol. The van der Waals surface area contributed by atoms with Gasteiger partial charge in [0.1, 0.15) is 5.82 Å². The van der Waals surface area contributed by atoms with Crippen molar-refractivity contribution < 1.29 is 5.11 Å². The van der Waals surface area contributed by atoms with Gasteiger partial charge in [0.25, 0.3) is 5.56 Å². The van der Waals surface area contributed by atoms with Crippen molar-refractivity contribution >= 4 is 0 Å². The van der Waals surface area contributed by atoms with Crippen LogP contribution >= 0.6 is 0 Å². The summed E-state index contributed by atoms with van der Waals surface area (Å²) in [6.45, 7) is 1.95. The number of aromatic amines is 1. The molecule has 66 valence electrons. The van der Waals surface area contributed by atoms with Crippen molar-refractivity contribution in [2.24, 2.45) is 0 Å². The Kier molecular flexibility index (Phi) is 2.44. The van der Waals surface area contributed by atoms with Gasteiger partial charge < -0.3 is 15.4 Å². The Bertz CT molecular complexity index is 332. The third-order valence-corrected chi connectivity index (χ3v) is 1.52. The van der Waals surface area contributed by atoms with Gasteiger partial charge in [-0.1, -0.05) is 0 Å². The number of hydrogen-bond acceptors (Lipinski definition) is 4. The van der Waals surface area contributed by atoms with Gasteiger partial charge in [-0.2, -0.15) is 4.98 Å². The highest BCUT2D eigenvalue weighted by atomic mass is 16.3. The minimum absolute atomic E-state index is 0.205. The number of nitrogens with one attached hydrogen (secondary N) is 2. The van der Waals surface area contributed by atoms with Gasteiger partial charge in [-0.15, -0.1) is 0 Å². The fourth-order valence-electron chi connectivity index (χ4n) is 0.817. The standard InChI is InChI=1S/C7H11N3O2/c1-4-6(11)9-5(3-8-2)10-7(4)12/h8H,3H2,1-2H3,(H2,9,10,11,12). The van der Waals surface area contributed by atoms with E-state index in [1.807, 2.05) is 0 Å². The molecule has 0 saturated carbocycles. The SMILES string of the molecule is CNCc1nc(O)c(C)c(=O)[nH]1. The molecule has 0 aromatic carbocycles. The van der Waals surface area contributed by atoms with Crippen LogP contribution in [0, 0.1) is 6.92 Å². The van der Waals surface area contributed by atoms with Crippen LogP contribution in [0.2, 0.25) is 0 Å². The Labute approximate surface area is 69.5 Å². The molecule has 5 heteroatoms. The summed E-state index contributed by atoms with van der Waals surface area (Å²) in [6.07, 6.45) is 0. The smallest absolute Gasteiger partial charge is 0.257 e. The molecular formula is C7H11N3O2. The second kappa shape index (κ2) is 3.36. The number of rotatable bonds is 2. The van der Waals surface area contributed by atoms with Crippen molar-refractivity contribution in [1.29, 1.82) is 0 Å². The zero-order valence-corrected chi connectivity index (χ0v) is 7.01. The highest BCUT2D eigenvalue weighted by Crippen LogP contribution is 2.05. The third kappa shape index (κ3) is 1.62. The van der Waals surface area contributed by atoms with Gasteiger partial charge in [-0.25, -0.2) is 0 Å². The average Bonchev–Trinajstić information content (AvgIpc) is 2.01. The van der Waals surface area contributed by atoms with Crippen molar-refractivity contribution in [1.82, 2.24) is 15.3 Å². The molecule has 1 rings (SSSR count). The monoisotopic (exact) mass is 169 g/mol. The first-order valence-electron chi connectivity index (χ1n) is 3.58. The topological polar surface area (TPSA) is 78.0 Å². The van der Waals surface area contributed by atoms with Crippen LogP contribution in [0.15, 0.2) is 4.79 Å². The van der Waals surface area contributed by atoms with E-state index in [0.29, 0.717) is 12.4 Å². The van der Waals surface area contributed by atoms with Gasteiger partial charge >= 0.3 is 0 Å². The molecule has 12 heavy (non-hydrogen) atoms. The molecular weight excluding hydrogens is 158 g/mol. The summed E-state index contributed by atoms with van der Waals surface area (Å²) in [5.74, 6) is 0.231. The van der Waals surface area contributed by atoms with Crippen LogP contribution in [0.25, 0.3) is 0 Å². The maximum atomic E-state index is 11.1. The van der Waals surface area contributed by atoms with Crippen LogP contribution in [0.5, 0.6) is 5.88 Å². The van der Waals surface area contributed by atoms with E-state index < -0.39 is 0 Å². The third-order valence-electron chi connectivity index (χ3n) is 1.52. The predicted molar refractivity (Wildman–Crippen MR) is 44.0 cm³/mol. The minimum Gasteiger partial charge on any atom is -0.493 e. The first kappa shape index (κ1) is 8.73. The van der Waals surface area contributed by atoms with Gasteiger partial charge in [0, 0.05) is 0 Å². The molecule has 0 radical (unpaired) electrons. The molecule has 0 amide bonds. The molecule has 5 nitrogen and oxygen atoms in total. The summed E-state index contributed by atoms with van der Waals surface area (Å²) in [7, 11) is 1.73. The van der Waals surface area contributed by atoms with Crippen LogP contribution in [0.3, 0.4) is 0 Å². The Balaban J connectivity index is 3.13. The predicted octanol–water partition coefficient (Wildman–Crippen LogP) is -0.497. The number of nitrogens with zero attached hydrogens (tertiary/aromatic N) is 1. The van der Waals surface area contributed by atoms with E-state index in [1.165, 1.54) is 6.92 Å². The van der Waals surface area contributed by atoms with E-state index in [-0.39, 0.29) is 17.0 Å². The molecule has 0 aliphatic rings. The largest absolute Gasteiger partial charge is 0.493 e. The van der Waals surface area contributed by atoms with Crippen LogP contribution < -0.4 is 10.9 Å². The summed E-state index contributed by atoms with van der Waals surface area (Å²) < 4.78 is 0. The van der Waals surface area contributed by atoms with E-state index in [9.17, 15) is 4.79 Å². The van der Waals surface area contributed by atoms with E-state index in [2.05, 4.69) is 15.3 Å². The fourth-order valence-corrected chi connectivity index (χ4v) is 0.817. The maximum Gasteiger partial charge on any atom is 0.257 e. The molecule has 0 bridgehead atoms. The minimum atomic E-state index is -0.298. The van der Waals surface area contributed by atoms with Gasteiger partial charge in [0.2, 0.25) is 5.88 Å². The van der Waals surface area contributed by atoms with Crippen LogP contribution in [-0.4, -0.2) is 22.1 Å². The van der Waals surface area contributed by atoms with Gasteiger partial charge in [-0.05, 0) is 14.0 Å². The summed E-state index contributed by atoms with van der Waals surface area (Å²) in [5, 5.41) is 12.0. The lowest BCUT2D eigenvalue weighted by atomic mass is 10.3. The maximum absolute atomic E-state index is 11.1. The Hall–Kier alpha value is -1.36. The molecule has 0 spiro atoms. The number of hydrogen-bond donors (Lipinski definition) is 3. The normalized spacial score (nSPS) is 10.2. The van der Waals surface area contributed by atoms with Gasteiger partial charge in [0.05, 0.1) is 12.1 Å². The van der Waals surface area contributed by atoms with Crippen molar-refractivity contribution in [3.63, 3.8) is 0 Å². The van der Waals surface area contributed by atoms with Gasteiger partial charge in [0.15, 0.2) is 0 Å². The number of aromatic hydroxyl groups is 1. The molecule has 0 atom stereocenters. The summed E-state index contributed by atoms with van der Waals surface area (Å²) in [6, 6.07) is 0. The van der Waals surface area contributed by atoms with E-state index in [4.69, 9.17) is 5.11 Å². The van der Waals surface area contributed by atoms with E-state index in [1.54, 1.807) is 7.05 Å². The highest BCUT2D eigenvalue weighted by molar-refractivity contribution is 5.20. The van der Waals surface area contributed by atoms with Crippen LogP contribution in [-0.2, 0) is 6.54 Å². The molecule has 0 aliphatic carbocycles. The molecule has 0 saturated heterocycles. The lowest BCUT2D eigenvalue weighted by molar-refractivity contribution is 0.441. The second-order valence-corrected chi connectivity index (χ2v) is 2.49. The fraction of sp³-hybridized carbons (Fsp3) is 0.429. The highest BCUT2D eigenvalue weighted by Gasteiger charge is 2.04. The van der Waals surface area contributed by atoms with Crippen LogP contribution in [0.4, 0.5) is 0 Å². The van der Waals surface area contributed by atoms with E-state index in [0.717, 1.165) is 0 Å². The van der Waals surface area contributed by atoms with Crippen molar-refractivity contribution in [3.05, 3.63) is 21.7 Å². The van der Waals surface area contributed by atoms with Crippen molar-refractivity contribution in [3.8, 4) is 5.88 Å². The molecule has 1 aromatic heterocycles. The van der Waals surface area contributed by atoms with E-state index >= 15 is 0 Å². The quantitative estimate of drug-likeness (QED) is 0.558. The number of aromatic nitrogens is 2. The molecule has 1 aromatic rings. The lowest BCUT2D eigenvalue weighted by Crippen LogP contribution is -2.18. The van der Waals surface area contributed by atoms with Crippen molar-refractivity contribution in [2.45, 2.75) is 13.5 Å². The Morgan fingerprint density at radius 1 is 1.67 bits per heavy atom. The summed E-state index contributed by atoms with van der Waals surface area (Å²) in [4.78, 5) is 17.3. The lowest BCUT2D eigenvalue weighted by Gasteiger charge is -2.01. The summed E-state index contributed by atoms with van der Waals surface area (Å²) >= 11 is 0. The molecule has 0 unspecified atom stereocenters. The first-order valence-corrected chi connectivity index (χ1v) is 3.58. The Morgan fingerprint density at radius 3 is 2.83 bits per heavy atom. The zero-order chi connectivity index (χ0) is 9.14. The van der Waals surface area contributed by atoms with Gasteiger partial charge in [-0.3, -0.25) is 4.79 Å². The Morgan fingerprint density at radius 2 is 2.33 bits per heavy atom. The molecule has 1 heterocycles. The second-order valence-electron chi connectivity index (χ2n) is 2.49. The van der Waals surface area contributed by atoms with Crippen LogP contribution in [0.1, 0.15) is 11.4 Å². The molecule has 3 N–H and O–H groups in total. The molecule has 0 aliphatic heterocycles. The zero-order valence-electron chi connectivity index (χ0n) is 7.01. The number of H-pyrrole nitrogens is 1. The first-order chi connectivity index (χ1) is 5.65. The molecule has 0 fully saturated rings.